The third kappa shape index (κ3) is 28.9. The number of H-pyrrole nitrogens is 2. The molecule has 2 rings (SSSR count). The first-order valence-corrected chi connectivity index (χ1v) is 16.9. The maximum absolute atomic E-state index is 3.09. The molecule has 0 saturated heterocycles. The predicted molar refractivity (Wildman–Crippen MR) is 164 cm³/mol. The van der Waals surface area contributed by atoms with Gasteiger partial charge in [-0.15, -0.1) is 0 Å². The van der Waals surface area contributed by atoms with Gasteiger partial charge >= 0.3 is 0 Å². The number of unbranched alkanes of at least 4 members (excludes halogenated alkanes) is 22. The second kappa shape index (κ2) is 34.6. The van der Waals surface area contributed by atoms with Gasteiger partial charge in [0.2, 0.25) is 12.7 Å². The van der Waals surface area contributed by atoms with Crippen molar-refractivity contribution in [2.24, 2.45) is 0 Å². The molecule has 6 heteroatoms. The molecule has 0 aliphatic rings. The maximum atomic E-state index is 3.09. The zero-order valence-corrected chi connectivity index (χ0v) is 29.7. The molecular weight excluding hydrogens is 624 g/mol. The second-order valence-corrected chi connectivity index (χ2v) is 11.5. The lowest BCUT2D eigenvalue weighted by Gasteiger charge is -2.02. The van der Waals surface area contributed by atoms with Crippen LogP contribution in [0.25, 0.3) is 0 Å². The number of halogens is 2. The first-order chi connectivity index (χ1) is 18.9. The molecule has 0 atom stereocenters. The zero-order chi connectivity index (χ0) is 27.2. The van der Waals surface area contributed by atoms with E-state index in [2.05, 4.69) is 45.3 Å². The molecule has 0 bridgehead atoms. The van der Waals surface area contributed by atoms with E-state index in [1.165, 1.54) is 167 Å². The summed E-state index contributed by atoms with van der Waals surface area (Å²) in [6.45, 7) is 6.91. The monoisotopic (exact) mass is 688 g/mol. The Morgan fingerprint density at radius 3 is 0.850 bits per heavy atom. The lowest BCUT2D eigenvalue weighted by molar-refractivity contribution is -0.696. The van der Waals surface area contributed by atoms with Gasteiger partial charge in [-0.1, -0.05) is 142 Å². The van der Waals surface area contributed by atoms with Crippen molar-refractivity contribution >= 4 is 0 Å². The minimum absolute atomic E-state index is 0. The Bertz CT molecular complexity index is 603. The zero-order valence-electron chi connectivity index (χ0n) is 26.5. The highest BCUT2D eigenvalue weighted by atomic mass is 79.9. The highest BCUT2D eigenvalue weighted by Gasteiger charge is 1.98. The van der Waals surface area contributed by atoms with Gasteiger partial charge in [-0.25, -0.2) is 9.13 Å². The lowest BCUT2D eigenvalue weighted by atomic mass is 10.1. The number of hydrogen-bond donors (Lipinski definition) is 2. The standard InChI is InChI=1S/2C17H32N2.2BrH/c2*1-2-3-4-5-6-7-8-9-10-11-12-13-15-19-16-14-18-17-19;;/h2*14,16-17H,2-13,15H2,1H3;2*1H. The fraction of sp³-hybridized carbons (Fsp3) is 0.824. The molecular formula is C34H66Br2N4. The molecule has 2 N–H and O–H groups in total. The van der Waals surface area contributed by atoms with E-state index in [-0.39, 0.29) is 34.0 Å². The van der Waals surface area contributed by atoms with E-state index < -0.39 is 0 Å². The van der Waals surface area contributed by atoms with Gasteiger partial charge in [0.15, 0.2) is 0 Å². The van der Waals surface area contributed by atoms with Gasteiger partial charge in [0.05, 0.1) is 13.1 Å². The van der Waals surface area contributed by atoms with Crippen molar-refractivity contribution in [3.63, 3.8) is 0 Å². The van der Waals surface area contributed by atoms with Gasteiger partial charge in [0, 0.05) is 0 Å². The molecule has 0 fully saturated rings. The highest BCUT2D eigenvalue weighted by molar-refractivity contribution is 4.56. The van der Waals surface area contributed by atoms with Crippen LogP contribution < -0.4 is 43.1 Å². The summed E-state index contributed by atoms with van der Waals surface area (Å²) in [7, 11) is 0. The van der Waals surface area contributed by atoms with Crippen LogP contribution in [0, 0.1) is 0 Å². The molecule has 4 nitrogen and oxygen atoms in total. The number of imidazole rings is 2. The molecule has 2 heterocycles. The molecule has 0 amide bonds. The van der Waals surface area contributed by atoms with Gasteiger partial charge in [-0.05, 0) is 25.7 Å². The van der Waals surface area contributed by atoms with E-state index in [9.17, 15) is 0 Å². The van der Waals surface area contributed by atoms with Crippen LogP contribution in [0.3, 0.4) is 0 Å². The van der Waals surface area contributed by atoms with Crippen molar-refractivity contribution in [2.45, 2.75) is 181 Å². The lowest BCUT2D eigenvalue weighted by Crippen LogP contribution is -3.00. The molecule has 0 aromatic carbocycles. The van der Waals surface area contributed by atoms with Crippen molar-refractivity contribution < 1.29 is 43.1 Å². The molecule has 236 valence electrons. The van der Waals surface area contributed by atoms with Gasteiger partial charge in [-0.3, -0.25) is 9.97 Å². The Balaban J connectivity index is 0. The number of aryl methyl sites for hydroxylation is 2. The first-order valence-electron chi connectivity index (χ1n) is 16.9. The summed E-state index contributed by atoms with van der Waals surface area (Å²) in [6.07, 6.45) is 46.5. The quantitative estimate of drug-likeness (QED) is 0.111. The Morgan fingerprint density at radius 2 is 0.625 bits per heavy atom. The van der Waals surface area contributed by atoms with Crippen LogP contribution in [0.1, 0.15) is 168 Å². The average Bonchev–Trinajstić information content (AvgIpc) is 3.65. The molecule has 2 aromatic heterocycles. The van der Waals surface area contributed by atoms with E-state index in [0.717, 1.165) is 0 Å². The summed E-state index contributed by atoms with van der Waals surface area (Å²) in [5, 5.41) is 0. The third-order valence-corrected chi connectivity index (χ3v) is 7.74. The molecule has 0 saturated carbocycles. The molecule has 0 radical (unpaired) electrons. The number of rotatable bonds is 26. The molecule has 0 aliphatic carbocycles. The minimum Gasteiger partial charge on any atom is -1.00 e. The summed E-state index contributed by atoms with van der Waals surface area (Å²) >= 11 is 0. The Morgan fingerprint density at radius 1 is 0.375 bits per heavy atom. The number of nitrogens with zero attached hydrogens (tertiary/aromatic N) is 2. The van der Waals surface area contributed by atoms with E-state index in [0.29, 0.717) is 0 Å². The van der Waals surface area contributed by atoms with Gasteiger partial charge in [0.25, 0.3) is 0 Å². The van der Waals surface area contributed by atoms with E-state index in [1.807, 2.05) is 25.0 Å². The first kappa shape index (κ1) is 41.5. The topological polar surface area (TPSA) is 39.3 Å². The number of aromatic nitrogens is 4. The fourth-order valence-corrected chi connectivity index (χ4v) is 5.19. The summed E-state index contributed by atoms with van der Waals surface area (Å²) < 4.78 is 4.46. The van der Waals surface area contributed by atoms with E-state index in [4.69, 9.17) is 0 Å². The predicted octanol–water partition coefficient (Wildman–Crippen LogP) is 4.01. The average molecular weight is 691 g/mol. The Labute approximate surface area is 270 Å². The van der Waals surface area contributed by atoms with Crippen molar-refractivity contribution in [1.29, 1.82) is 0 Å². The van der Waals surface area contributed by atoms with Gasteiger partial charge < -0.3 is 34.0 Å². The maximum Gasteiger partial charge on any atom is 0.241 e. The van der Waals surface area contributed by atoms with Crippen LogP contribution in [-0.2, 0) is 13.1 Å². The summed E-state index contributed by atoms with van der Waals surface area (Å²) in [5.41, 5.74) is 0. The largest absolute Gasteiger partial charge is 1.00 e. The molecule has 40 heavy (non-hydrogen) atoms. The van der Waals surface area contributed by atoms with Crippen molar-refractivity contribution in [1.82, 2.24) is 9.97 Å². The fourth-order valence-electron chi connectivity index (χ4n) is 5.19. The van der Waals surface area contributed by atoms with E-state index >= 15 is 0 Å². The molecule has 0 unspecified atom stereocenters. The molecule has 0 aliphatic heterocycles. The minimum atomic E-state index is 0. The number of aromatic amines is 2. The number of hydrogen-bond acceptors (Lipinski definition) is 0. The van der Waals surface area contributed by atoms with Crippen LogP contribution >= 0.6 is 0 Å². The SMILES string of the molecule is CCCCCCCCCCCCCC[n+]1cc[nH]c1.CCCCCCCCCCCCCC[n+]1cc[nH]c1.[Br-].[Br-]. The smallest absolute Gasteiger partial charge is 0.241 e. The molecule has 2 aromatic rings. The summed E-state index contributed by atoms with van der Waals surface area (Å²) in [6, 6.07) is 0. The van der Waals surface area contributed by atoms with Crippen LogP contribution in [0.2, 0.25) is 0 Å². The second-order valence-electron chi connectivity index (χ2n) is 11.5. The van der Waals surface area contributed by atoms with Crippen LogP contribution in [0.4, 0.5) is 0 Å². The van der Waals surface area contributed by atoms with Crippen molar-refractivity contribution in [3.8, 4) is 0 Å². The van der Waals surface area contributed by atoms with Crippen LogP contribution in [-0.4, -0.2) is 9.97 Å². The Kier molecular flexibility index (Phi) is 35.9. The van der Waals surface area contributed by atoms with Gasteiger partial charge in [-0.2, -0.15) is 0 Å². The third-order valence-electron chi connectivity index (χ3n) is 7.74. The van der Waals surface area contributed by atoms with Crippen molar-refractivity contribution in [3.05, 3.63) is 37.4 Å². The van der Waals surface area contributed by atoms with Crippen molar-refractivity contribution in [2.75, 3.05) is 0 Å². The van der Waals surface area contributed by atoms with Gasteiger partial charge in [0.1, 0.15) is 24.8 Å². The van der Waals surface area contributed by atoms with Crippen LogP contribution in [0.15, 0.2) is 37.4 Å². The summed E-state index contributed by atoms with van der Waals surface area (Å²) in [4.78, 5) is 6.17. The van der Waals surface area contributed by atoms with E-state index in [1.54, 1.807) is 0 Å². The normalized spacial score (nSPS) is 10.4. The van der Waals surface area contributed by atoms with Crippen LogP contribution in [0.5, 0.6) is 0 Å². The molecule has 0 spiro atoms. The number of nitrogens with one attached hydrogen (secondary N) is 2. The highest BCUT2D eigenvalue weighted by Crippen LogP contribution is 2.13. The summed E-state index contributed by atoms with van der Waals surface area (Å²) in [5.74, 6) is 0. The Hall–Kier alpha value is -0.620.